The average Bonchev–Trinajstić information content (AvgIpc) is 2.96. The first-order valence-electron chi connectivity index (χ1n) is 16.0. The highest BCUT2D eigenvalue weighted by Gasteiger charge is 2.39. The summed E-state index contributed by atoms with van der Waals surface area (Å²) in [5.41, 5.74) is -0.0866. The van der Waals surface area contributed by atoms with Crippen LogP contribution in [-0.2, 0) is 30.3 Å². The summed E-state index contributed by atoms with van der Waals surface area (Å²) in [5.74, 6) is -1.73. The highest BCUT2D eigenvalue weighted by atomic mass is 16.6. The van der Waals surface area contributed by atoms with Gasteiger partial charge in [0.1, 0.15) is 29.3 Å². The van der Waals surface area contributed by atoms with E-state index in [4.69, 9.17) is 9.47 Å². The van der Waals surface area contributed by atoms with Crippen LogP contribution in [0.25, 0.3) is 0 Å². The Balaban J connectivity index is 2.57. The number of rotatable bonds is 14. The summed E-state index contributed by atoms with van der Waals surface area (Å²) in [5, 5.41) is 5.72. The Hall–Kier alpha value is -3.88. The predicted octanol–water partition coefficient (Wildman–Crippen LogP) is 6.37. The molecule has 2 aromatic carbocycles. The van der Waals surface area contributed by atoms with Gasteiger partial charge in [-0.05, 0) is 65.0 Å². The molecule has 3 amide bonds. The van der Waals surface area contributed by atoms with Crippen molar-refractivity contribution in [3.63, 3.8) is 0 Å². The van der Waals surface area contributed by atoms with Crippen molar-refractivity contribution in [2.75, 3.05) is 6.54 Å². The lowest BCUT2D eigenvalue weighted by molar-refractivity contribution is -0.159. The van der Waals surface area contributed by atoms with Gasteiger partial charge >= 0.3 is 12.1 Å². The minimum Gasteiger partial charge on any atom is -0.458 e. The maximum Gasteiger partial charge on any atom is 0.408 e. The molecule has 0 saturated carbocycles. The van der Waals surface area contributed by atoms with Crippen LogP contribution in [0.4, 0.5) is 4.79 Å². The smallest absolute Gasteiger partial charge is 0.408 e. The largest absolute Gasteiger partial charge is 0.458 e. The number of carbonyl (C=O) groups excluding carboxylic acids is 4. The molecular weight excluding hydrogens is 570 g/mol. The summed E-state index contributed by atoms with van der Waals surface area (Å²) in [7, 11) is 0. The quantitative estimate of drug-likeness (QED) is 0.237. The monoisotopic (exact) mass is 623 g/mol. The fourth-order valence-corrected chi connectivity index (χ4v) is 4.77. The van der Waals surface area contributed by atoms with Gasteiger partial charge in [-0.3, -0.25) is 9.59 Å². The predicted molar refractivity (Wildman–Crippen MR) is 176 cm³/mol. The van der Waals surface area contributed by atoms with E-state index in [1.54, 1.807) is 65.8 Å². The van der Waals surface area contributed by atoms with E-state index in [0.717, 1.165) is 12.0 Å². The number of alkyl carbamates (subject to hydrolysis) is 1. The first kappa shape index (κ1) is 37.3. The van der Waals surface area contributed by atoms with Crippen molar-refractivity contribution < 1.29 is 28.7 Å². The molecule has 0 spiro atoms. The molecule has 9 nitrogen and oxygen atoms in total. The highest BCUT2D eigenvalue weighted by molar-refractivity contribution is 5.94. The number of esters is 1. The van der Waals surface area contributed by atoms with Gasteiger partial charge in [-0.15, -0.1) is 0 Å². The van der Waals surface area contributed by atoms with E-state index in [9.17, 15) is 19.2 Å². The molecule has 2 aromatic rings. The van der Waals surface area contributed by atoms with Gasteiger partial charge in [0, 0.05) is 13.0 Å². The minimum absolute atomic E-state index is 0.210. The molecule has 0 radical (unpaired) electrons. The van der Waals surface area contributed by atoms with Crippen molar-refractivity contribution in [3.05, 3.63) is 71.8 Å². The fourth-order valence-electron chi connectivity index (χ4n) is 4.77. The maximum absolute atomic E-state index is 14.5. The van der Waals surface area contributed by atoms with Crippen molar-refractivity contribution >= 4 is 23.9 Å². The Morgan fingerprint density at radius 3 is 1.87 bits per heavy atom. The number of benzene rings is 2. The number of ether oxygens (including phenoxy) is 2. The second kappa shape index (κ2) is 17.0. The van der Waals surface area contributed by atoms with E-state index < -0.39 is 53.2 Å². The third kappa shape index (κ3) is 12.6. The number of amides is 3. The lowest BCUT2D eigenvalue weighted by Crippen LogP contribution is -2.56. The molecule has 2 rings (SSSR count). The Bertz CT molecular complexity index is 1240. The van der Waals surface area contributed by atoms with E-state index in [2.05, 4.69) is 10.6 Å². The number of nitrogens with zero attached hydrogens (tertiary/aromatic N) is 1. The zero-order chi connectivity index (χ0) is 33.8. The number of hydrogen-bond donors (Lipinski definition) is 2. The molecule has 0 bridgehead atoms. The van der Waals surface area contributed by atoms with Crippen LogP contribution in [0.5, 0.6) is 0 Å². The van der Waals surface area contributed by atoms with Gasteiger partial charge < -0.3 is 25.0 Å². The first-order chi connectivity index (χ1) is 21.1. The number of carbonyl (C=O) groups is 4. The lowest BCUT2D eigenvalue weighted by atomic mass is 9.95. The molecular formula is C36H53N3O6. The van der Waals surface area contributed by atoms with Crippen molar-refractivity contribution in [1.29, 1.82) is 0 Å². The van der Waals surface area contributed by atoms with Gasteiger partial charge in [0.05, 0.1) is 0 Å². The Labute approximate surface area is 269 Å². The van der Waals surface area contributed by atoms with E-state index in [1.165, 1.54) is 4.90 Å². The fraction of sp³-hybridized carbons (Fsp3) is 0.556. The van der Waals surface area contributed by atoms with E-state index in [-0.39, 0.29) is 18.9 Å². The van der Waals surface area contributed by atoms with Gasteiger partial charge in [0.2, 0.25) is 11.8 Å². The van der Waals surface area contributed by atoms with Crippen molar-refractivity contribution in [2.45, 2.75) is 117 Å². The Morgan fingerprint density at radius 2 is 1.36 bits per heavy atom. The number of hydrogen-bond acceptors (Lipinski definition) is 6. The Morgan fingerprint density at radius 1 is 0.800 bits per heavy atom. The molecule has 0 aromatic heterocycles. The zero-order valence-electron chi connectivity index (χ0n) is 28.5. The van der Waals surface area contributed by atoms with Crippen LogP contribution in [0.15, 0.2) is 60.7 Å². The van der Waals surface area contributed by atoms with Crippen LogP contribution in [0.1, 0.15) is 98.7 Å². The van der Waals surface area contributed by atoms with Crippen LogP contribution >= 0.6 is 0 Å². The summed E-state index contributed by atoms with van der Waals surface area (Å²) in [6.07, 6.45) is 1.51. The zero-order valence-corrected chi connectivity index (χ0v) is 28.5. The van der Waals surface area contributed by atoms with Crippen LogP contribution in [0.2, 0.25) is 0 Å². The molecule has 0 aliphatic heterocycles. The van der Waals surface area contributed by atoms with Crippen LogP contribution in [0.3, 0.4) is 0 Å². The first-order valence-corrected chi connectivity index (χ1v) is 16.0. The van der Waals surface area contributed by atoms with Crippen LogP contribution < -0.4 is 10.6 Å². The van der Waals surface area contributed by atoms with E-state index in [1.807, 2.05) is 57.2 Å². The van der Waals surface area contributed by atoms with E-state index in [0.29, 0.717) is 18.4 Å². The summed E-state index contributed by atoms with van der Waals surface area (Å²) >= 11 is 0. The van der Waals surface area contributed by atoms with Crippen molar-refractivity contribution in [2.24, 2.45) is 5.92 Å². The number of nitrogens with one attached hydrogen (secondary N) is 2. The molecule has 0 aliphatic rings. The molecule has 2 N–H and O–H groups in total. The van der Waals surface area contributed by atoms with Crippen LogP contribution in [-0.4, -0.2) is 58.6 Å². The second-order valence-corrected chi connectivity index (χ2v) is 13.5. The normalized spacial score (nSPS) is 14.3. The summed E-state index contributed by atoms with van der Waals surface area (Å²) in [4.78, 5) is 56.7. The molecule has 4 unspecified atom stereocenters. The van der Waals surface area contributed by atoms with Crippen molar-refractivity contribution in [3.8, 4) is 0 Å². The topological polar surface area (TPSA) is 114 Å². The summed E-state index contributed by atoms with van der Waals surface area (Å²) in [6, 6.07) is 15.4. The Kier molecular flexibility index (Phi) is 14.1. The van der Waals surface area contributed by atoms with Gasteiger partial charge in [0.25, 0.3) is 0 Å². The maximum atomic E-state index is 14.5. The third-order valence-corrected chi connectivity index (χ3v) is 7.15. The SMILES string of the molecule is CCCCN(C(=O)C(NC(=O)OC(C)(C)C)C(C)CC)C(C(=O)NC(Cc1ccccc1)C(=O)OC(C)(C)C)c1ccccc1. The molecule has 0 heterocycles. The highest BCUT2D eigenvalue weighted by Crippen LogP contribution is 2.26. The summed E-state index contributed by atoms with van der Waals surface area (Å²) < 4.78 is 11.2. The van der Waals surface area contributed by atoms with Gasteiger partial charge in [-0.25, -0.2) is 9.59 Å². The lowest BCUT2D eigenvalue weighted by Gasteiger charge is -2.36. The summed E-state index contributed by atoms with van der Waals surface area (Å²) in [6.45, 7) is 16.7. The molecule has 0 aliphatic carbocycles. The standard InChI is InChI=1S/C36H53N3O6/c1-10-12-23-39(32(41)29(25(3)11-2)38-34(43)45-36(7,8)9)30(27-21-17-14-18-22-27)31(40)37-28(33(42)44-35(4,5)6)24-26-19-15-13-16-20-26/h13-22,25,28-30H,10-12,23-24H2,1-9H3,(H,37,40)(H,38,43). The molecule has 4 atom stereocenters. The van der Waals surface area contributed by atoms with Gasteiger partial charge in [-0.2, -0.15) is 0 Å². The average molecular weight is 624 g/mol. The molecule has 248 valence electrons. The molecule has 0 saturated heterocycles. The van der Waals surface area contributed by atoms with E-state index >= 15 is 0 Å². The van der Waals surface area contributed by atoms with Gasteiger partial charge in [0.15, 0.2) is 0 Å². The molecule has 45 heavy (non-hydrogen) atoms. The molecule has 9 heteroatoms. The van der Waals surface area contributed by atoms with Crippen molar-refractivity contribution in [1.82, 2.24) is 15.5 Å². The third-order valence-electron chi connectivity index (χ3n) is 7.15. The minimum atomic E-state index is -1.07. The second-order valence-electron chi connectivity index (χ2n) is 13.5. The molecule has 0 fully saturated rings. The van der Waals surface area contributed by atoms with Gasteiger partial charge in [-0.1, -0.05) is 94.3 Å². The number of unbranched alkanes of at least 4 members (excludes halogenated alkanes) is 1. The van der Waals surface area contributed by atoms with Crippen LogP contribution in [0, 0.1) is 5.92 Å².